The molecule has 36 heavy (non-hydrogen) atoms. The highest BCUT2D eigenvalue weighted by Gasteiger charge is 2.40. The minimum Gasteiger partial charge on any atom is -0.385 e. The highest BCUT2D eigenvalue weighted by Crippen LogP contribution is 2.44. The van der Waals surface area contributed by atoms with Crippen LogP contribution in [0.15, 0.2) is 54.7 Å². The van der Waals surface area contributed by atoms with Crippen LogP contribution in [0.1, 0.15) is 40.5 Å². The number of hydrogen-bond donors (Lipinski definition) is 2. The van der Waals surface area contributed by atoms with E-state index in [4.69, 9.17) is 4.74 Å². The molecule has 2 atom stereocenters. The van der Waals surface area contributed by atoms with Gasteiger partial charge in [-0.3, -0.25) is 9.78 Å². The number of hydrogen-bond acceptors (Lipinski definition) is 5. The van der Waals surface area contributed by atoms with E-state index in [1.54, 1.807) is 12.1 Å². The number of aryl methyl sites for hydroxylation is 1. The smallest absolute Gasteiger partial charge is 0.385 e. The third kappa shape index (κ3) is 4.56. The van der Waals surface area contributed by atoms with Gasteiger partial charge < -0.3 is 20.1 Å². The van der Waals surface area contributed by atoms with E-state index in [9.17, 15) is 23.1 Å². The van der Waals surface area contributed by atoms with E-state index in [1.807, 2.05) is 38.1 Å². The predicted molar refractivity (Wildman–Crippen MR) is 130 cm³/mol. The number of benzene rings is 2. The molecule has 2 N–H and O–H groups in total. The number of alkyl halides is 3. The number of fused-ring (bicyclic) bond motifs is 3. The molecule has 0 aliphatic carbocycles. The Hall–Kier alpha value is -3.43. The average Bonchev–Trinajstić information content (AvgIpc) is 2.84. The molecule has 1 fully saturated rings. The summed E-state index contributed by atoms with van der Waals surface area (Å²) in [5, 5.41) is 13.8. The number of amides is 1. The van der Waals surface area contributed by atoms with Crippen LogP contribution in [-0.2, 0) is 16.5 Å². The van der Waals surface area contributed by atoms with Crippen molar-refractivity contribution in [3.8, 4) is 11.1 Å². The van der Waals surface area contributed by atoms with Gasteiger partial charge in [0.05, 0.1) is 24.9 Å². The van der Waals surface area contributed by atoms with Crippen molar-refractivity contribution in [1.82, 2.24) is 4.98 Å². The van der Waals surface area contributed by atoms with Crippen LogP contribution in [0.5, 0.6) is 0 Å². The molecule has 2 aliphatic rings. The summed E-state index contributed by atoms with van der Waals surface area (Å²) in [5.41, 5.74) is 2.81. The Morgan fingerprint density at radius 2 is 2.00 bits per heavy atom. The lowest BCUT2D eigenvalue weighted by Crippen LogP contribution is -2.52. The van der Waals surface area contributed by atoms with Gasteiger partial charge in [-0.15, -0.1) is 0 Å². The van der Waals surface area contributed by atoms with Crippen LogP contribution in [0.25, 0.3) is 11.1 Å². The number of nitrogens with zero attached hydrogens (tertiary/aromatic N) is 2. The van der Waals surface area contributed by atoms with Crippen LogP contribution in [0, 0.1) is 6.92 Å². The van der Waals surface area contributed by atoms with Crippen molar-refractivity contribution >= 4 is 17.3 Å². The second-order valence-corrected chi connectivity index (χ2v) is 9.54. The quantitative estimate of drug-likeness (QED) is 0.524. The Morgan fingerprint density at radius 1 is 1.19 bits per heavy atom. The van der Waals surface area contributed by atoms with Crippen molar-refractivity contribution in [3.05, 3.63) is 77.1 Å². The first-order valence-electron chi connectivity index (χ1n) is 11.7. The molecule has 0 spiro atoms. The molecule has 5 rings (SSSR count). The van der Waals surface area contributed by atoms with Crippen LogP contribution in [0.2, 0.25) is 0 Å². The summed E-state index contributed by atoms with van der Waals surface area (Å²) in [6, 6.07) is 13.4. The molecule has 0 saturated carbocycles. The number of carbonyl (C=O) groups excluding carboxylic acids is 1. The lowest BCUT2D eigenvalue weighted by Gasteiger charge is -2.47. The van der Waals surface area contributed by atoms with E-state index in [2.05, 4.69) is 15.2 Å². The Labute approximate surface area is 206 Å². The molecule has 1 saturated heterocycles. The Morgan fingerprint density at radius 3 is 2.78 bits per heavy atom. The normalized spacial score (nSPS) is 21.5. The number of aromatic nitrogens is 1. The van der Waals surface area contributed by atoms with Gasteiger partial charge in [-0.1, -0.05) is 18.2 Å². The van der Waals surface area contributed by atoms with Gasteiger partial charge >= 0.3 is 6.18 Å². The molecule has 3 heterocycles. The number of anilines is 2. The molecule has 2 aromatic carbocycles. The lowest BCUT2D eigenvalue weighted by molar-refractivity contribution is -0.141. The first-order chi connectivity index (χ1) is 17.0. The lowest BCUT2D eigenvalue weighted by atomic mass is 9.81. The number of morpholine rings is 1. The Kier molecular flexibility index (Phi) is 6.00. The van der Waals surface area contributed by atoms with Gasteiger partial charge in [0.15, 0.2) is 0 Å². The molecule has 188 valence electrons. The largest absolute Gasteiger partial charge is 0.433 e. The van der Waals surface area contributed by atoms with E-state index < -0.39 is 23.4 Å². The fraction of sp³-hybridized carbons (Fsp3) is 0.333. The van der Waals surface area contributed by atoms with E-state index >= 15 is 0 Å². The van der Waals surface area contributed by atoms with Crippen molar-refractivity contribution < 1.29 is 27.8 Å². The zero-order valence-corrected chi connectivity index (χ0v) is 19.9. The predicted octanol–water partition coefficient (Wildman–Crippen LogP) is 5.14. The maximum Gasteiger partial charge on any atom is 0.433 e. The maximum absolute atomic E-state index is 13.0. The second-order valence-electron chi connectivity index (χ2n) is 9.54. The number of ether oxygens (including phenoxy) is 1. The van der Waals surface area contributed by atoms with Gasteiger partial charge in [0, 0.05) is 41.7 Å². The molecule has 9 heteroatoms. The van der Waals surface area contributed by atoms with Crippen molar-refractivity contribution in [2.75, 3.05) is 30.0 Å². The van der Waals surface area contributed by atoms with E-state index in [0.717, 1.165) is 46.7 Å². The molecule has 1 aromatic heterocycles. The van der Waals surface area contributed by atoms with Crippen molar-refractivity contribution in [2.24, 2.45) is 0 Å². The fourth-order valence-corrected chi connectivity index (χ4v) is 5.04. The molecule has 0 radical (unpaired) electrons. The minimum absolute atomic E-state index is 0.0881. The van der Waals surface area contributed by atoms with Gasteiger partial charge in [-0.2, -0.15) is 13.2 Å². The van der Waals surface area contributed by atoms with E-state index in [0.29, 0.717) is 25.3 Å². The second kappa shape index (κ2) is 8.90. The maximum atomic E-state index is 13.0. The van der Waals surface area contributed by atoms with Crippen LogP contribution < -0.4 is 10.2 Å². The number of carbonyl (C=O) groups is 1. The Bertz CT molecular complexity index is 1320. The molecular formula is C27H26F3N3O3. The zero-order chi connectivity index (χ0) is 25.7. The van der Waals surface area contributed by atoms with Crippen molar-refractivity contribution in [1.29, 1.82) is 0 Å². The van der Waals surface area contributed by atoms with Gasteiger partial charge in [-0.25, -0.2) is 0 Å². The molecule has 2 unspecified atom stereocenters. The summed E-state index contributed by atoms with van der Waals surface area (Å²) >= 11 is 0. The first kappa shape index (κ1) is 24.3. The molecule has 0 bridgehead atoms. The molecule has 6 nitrogen and oxygen atoms in total. The van der Waals surface area contributed by atoms with Crippen LogP contribution in [-0.4, -0.2) is 41.8 Å². The van der Waals surface area contributed by atoms with Gasteiger partial charge in [0.2, 0.25) is 0 Å². The van der Waals surface area contributed by atoms with Crippen molar-refractivity contribution in [2.45, 2.75) is 38.1 Å². The number of nitrogens with one attached hydrogen (secondary N) is 1. The Balaban J connectivity index is 1.46. The SMILES string of the molecule is Cc1ccc(NC(=O)c2ccnc(C(F)(F)F)c2)cc1-c1ccc2c(c1)N1CCOCC1CC2(C)O. The third-order valence-electron chi connectivity index (χ3n) is 6.87. The van der Waals surface area contributed by atoms with Crippen molar-refractivity contribution in [3.63, 3.8) is 0 Å². The van der Waals surface area contributed by atoms with Crippen LogP contribution >= 0.6 is 0 Å². The number of rotatable bonds is 3. The monoisotopic (exact) mass is 497 g/mol. The summed E-state index contributed by atoms with van der Waals surface area (Å²) in [6.07, 6.45) is -3.08. The number of aliphatic hydroxyl groups is 1. The number of pyridine rings is 1. The summed E-state index contributed by atoms with van der Waals surface area (Å²) in [7, 11) is 0. The average molecular weight is 498 g/mol. The molecule has 3 aromatic rings. The topological polar surface area (TPSA) is 74.7 Å². The molecule has 2 aliphatic heterocycles. The van der Waals surface area contributed by atoms with Gasteiger partial charge in [0.1, 0.15) is 5.69 Å². The van der Waals surface area contributed by atoms with E-state index in [1.165, 1.54) is 6.07 Å². The number of halogens is 3. The van der Waals surface area contributed by atoms with Crippen LogP contribution in [0.4, 0.5) is 24.5 Å². The standard InChI is InChI=1S/C27H26F3N3O3/c1-16-3-5-19(32-25(34)18-7-8-31-24(12-18)27(28,29)30)13-21(16)17-4-6-22-23(11-17)33-9-10-36-15-20(33)14-26(22,2)35/h3-8,11-13,20,35H,9-10,14-15H2,1-2H3,(H,32,34). The summed E-state index contributed by atoms with van der Waals surface area (Å²) < 4.78 is 44.6. The van der Waals surface area contributed by atoms with Crippen LogP contribution in [0.3, 0.4) is 0 Å². The first-order valence-corrected chi connectivity index (χ1v) is 11.7. The highest BCUT2D eigenvalue weighted by molar-refractivity contribution is 6.04. The highest BCUT2D eigenvalue weighted by atomic mass is 19.4. The summed E-state index contributed by atoms with van der Waals surface area (Å²) in [6.45, 7) is 5.69. The fourth-order valence-electron chi connectivity index (χ4n) is 5.04. The minimum atomic E-state index is -4.64. The third-order valence-corrected chi connectivity index (χ3v) is 6.87. The molecular weight excluding hydrogens is 471 g/mol. The van der Waals surface area contributed by atoms with E-state index in [-0.39, 0.29) is 11.6 Å². The van der Waals surface area contributed by atoms with Gasteiger partial charge in [0.25, 0.3) is 5.91 Å². The summed E-state index contributed by atoms with van der Waals surface area (Å²) in [4.78, 5) is 18.3. The zero-order valence-electron chi connectivity index (χ0n) is 19.9. The summed E-state index contributed by atoms with van der Waals surface area (Å²) in [5.74, 6) is -0.657. The molecule has 1 amide bonds. The van der Waals surface area contributed by atoms with Gasteiger partial charge in [-0.05, 0) is 60.9 Å².